The molecule has 2 aromatic carbocycles. The predicted molar refractivity (Wildman–Crippen MR) is 114 cm³/mol. The molecule has 0 saturated carbocycles. The molecule has 0 fully saturated rings. The summed E-state index contributed by atoms with van der Waals surface area (Å²) >= 11 is 0. The minimum absolute atomic E-state index is 0.0273. The molecule has 0 amide bonds. The Labute approximate surface area is 173 Å². The summed E-state index contributed by atoms with van der Waals surface area (Å²) in [4.78, 5) is 2.12. The summed E-state index contributed by atoms with van der Waals surface area (Å²) in [5, 5.41) is 0. The Morgan fingerprint density at radius 2 is 1.69 bits per heavy atom. The molecule has 29 heavy (non-hydrogen) atoms. The number of alkyl halides is 2. The normalized spacial score (nSPS) is 25.4. The molecule has 1 nitrogen and oxygen atoms in total. The third-order valence-corrected chi connectivity index (χ3v) is 6.95. The smallest absolute Gasteiger partial charge is 0.102 e. The van der Waals surface area contributed by atoms with E-state index in [1.54, 1.807) is 0 Å². The van der Waals surface area contributed by atoms with Gasteiger partial charge in [-0.2, -0.15) is 0 Å². The van der Waals surface area contributed by atoms with Crippen LogP contribution in [-0.4, -0.2) is 31.3 Å². The minimum Gasteiger partial charge on any atom is -0.282 e. The first-order chi connectivity index (χ1) is 14.3. The Hall–Kier alpha value is -2.18. The quantitative estimate of drug-likeness (QED) is 0.561. The van der Waals surface area contributed by atoms with Gasteiger partial charge >= 0.3 is 0 Å². The number of fused-ring (bicyclic) bond motifs is 2. The molecule has 152 valence electrons. The van der Waals surface area contributed by atoms with Crippen molar-refractivity contribution in [1.29, 1.82) is 0 Å². The van der Waals surface area contributed by atoms with Gasteiger partial charge in [0.05, 0.1) is 13.2 Å². The average molecular weight is 394 g/mol. The zero-order chi connectivity index (χ0) is 20.2. The van der Waals surface area contributed by atoms with Crippen molar-refractivity contribution >= 4 is 0 Å². The molecular formula is C26H29F2N. The van der Waals surface area contributed by atoms with E-state index >= 15 is 0 Å². The molecule has 4 unspecified atom stereocenters. The van der Waals surface area contributed by atoms with E-state index in [1.807, 2.05) is 6.07 Å². The van der Waals surface area contributed by atoms with Crippen LogP contribution < -0.4 is 0 Å². The first-order valence-electron chi connectivity index (χ1n) is 10.7. The Kier molecular flexibility index (Phi) is 6.31. The van der Waals surface area contributed by atoms with Crippen LogP contribution in [0.1, 0.15) is 47.1 Å². The van der Waals surface area contributed by atoms with Crippen LogP contribution in [0.3, 0.4) is 0 Å². The van der Waals surface area contributed by atoms with Crippen LogP contribution >= 0.6 is 0 Å². The van der Waals surface area contributed by atoms with E-state index in [0.717, 1.165) is 19.3 Å². The second-order valence-electron chi connectivity index (χ2n) is 8.37. The third kappa shape index (κ3) is 3.83. The highest BCUT2D eigenvalue weighted by molar-refractivity contribution is 5.40. The summed E-state index contributed by atoms with van der Waals surface area (Å²) in [5.74, 6) is 3.58. The van der Waals surface area contributed by atoms with E-state index in [0.29, 0.717) is 25.4 Å². The highest BCUT2D eigenvalue weighted by atomic mass is 19.1. The van der Waals surface area contributed by atoms with Crippen LogP contribution in [0.5, 0.6) is 0 Å². The summed E-state index contributed by atoms with van der Waals surface area (Å²) in [5.41, 5.74) is 5.31. The summed E-state index contributed by atoms with van der Waals surface area (Å²) < 4.78 is 27.1. The number of benzene rings is 2. The number of hydrogen-bond donors (Lipinski definition) is 0. The van der Waals surface area contributed by atoms with Gasteiger partial charge in [0, 0.05) is 12.6 Å². The van der Waals surface area contributed by atoms with Crippen molar-refractivity contribution in [3.63, 3.8) is 0 Å². The van der Waals surface area contributed by atoms with Gasteiger partial charge in [-0.15, -0.1) is 6.42 Å². The fourth-order valence-electron chi connectivity index (χ4n) is 5.85. The number of hydrogen-bond acceptors (Lipinski definition) is 1. The lowest BCUT2D eigenvalue weighted by Crippen LogP contribution is -2.44. The lowest BCUT2D eigenvalue weighted by molar-refractivity contribution is 0.0730. The Morgan fingerprint density at radius 1 is 0.966 bits per heavy atom. The zero-order valence-corrected chi connectivity index (χ0v) is 16.9. The molecule has 2 aliphatic rings. The van der Waals surface area contributed by atoms with E-state index in [1.165, 1.54) is 22.3 Å². The van der Waals surface area contributed by atoms with Crippen LogP contribution in [0.2, 0.25) is 0 Å². The maximum Gasteiger partial charge on any atom is 0.102 e. The number of rotatable bonds is 7. The molecule has 0 aliphatic heterocycles. The van der Waals surface area contributed by atoms with Crippen LogP contribution in [-0.2, 0) is 12.8 Å². The molecule has 0 spiro atoms. The predicted octanol–water partition coefficient (Wildman–Crippen LogP) is 5.51. The van der Waals surface area contributed by atoms with Crippen molar-refractivity contribution < 1.29 is 8.78 Å². The molecule has 0 N–H and O–H groups in total. The van der Waals surface area contributed by atoms with Crippen LogP contribution in [0.25, 0.3) is 0 Å². The topological polar surface area (TPSA) is 3.24 Å². The SMILES string of the molecule is C#CCN(CCF)C1c2ccccc2CC(CCF)C1C1CCc2ccccc21. The average Bonchev–Trinajstić information content (AvgIpc) is 3.17. The lowest BCUT2D eigenvalue weighted by Gasteiger charge is -2.47. The van der Waals surface area contributed by atoms with Crippen molar-refractivity contribution in [2.45, 2.75) is 37.6 Å². The van der Waals surface area contributed by atoms with Gasteiger partial charge in [-0.05, 0) is 65.7 Å². The maximum absolute atomic E-state index is 13.6. The standard InChI is InChI=1S/C26H29F2N/c1-2-16-29(17-15-28)26-23-10-6-4-8-20(23)18-21(13-14-27)25(26)24-12-11-19-7-3-5-9-22(19)24/h1,3-10,21,24-26H,11-18H2. The van der Waals surface area contributed by atoms with E-state index in [9.17, 15) is 8.78 Å². The van der Waals surface area contributed by atoms with Gasteiger partial charge in [-0.1, -0.05) is 54.5 Å². The Bertz CT molecular complexity index is 871. The molecule has 3 heteroatoms. The molecule has 0 radical (unpaired) electrons. The first-order valence-corrected chi connectivity index (χ1v) is 10.7. The van der Waals surface area contributed by atoms with Crippen molar-refractivity contribution in [3.8, 4) is 12.3 Å². The van der Waals surface area contributed by atoms with Gasteiger partial charge < -0.3 is 0 Å². The molecule has 4 atom stereocenters. The van der Waals surface area contributed by atoms with Gasteiger partial charge in [0.15, 0.2) is 0 Å². The van der Waals surface area contributed by atoms with E-state index in [4.69, 9.17) is 6.42 Å². The molecular weight excluding hydrogens is 364 g/mol. The molecule has 2 aromatic rings. The van der Waals surface area contributed by atoms with E-state index in [2.05, 4.69) is 53.3 Å². The molecule has 0 saturated heterocycles. The number of terminal acetylenes is 1. The summed E-state index contributed by atoms with van der Waals surface area (Å²) in [6.45, 7) is -0.0166. The van der Waals surface area contributed by atoms with Crippen LogP contribution in [0, 0.1) is 24.2 Å². The van der Waals surface area contributed by atoms with Gasteiger partial charge in [0.1, 0.15) is 6.67 Å². The van der Waals surface area contributed by atoms with Gasteiger partial charge in [0.25, 0.3) is 0 Å². The van der Waals surface area contributed by atoms with Crippen molar-refractivity contribution in [2.24, 2.45) is 11.8 Å². The largest absolute Gasteiger partial charge is 0.282 e. The molecule has 0 aromatic heterocycles. The third-order valence-electron chi connectivity index (χ3n) is 6.95. The summed E-state index contributed by atoms with van der Waals surface area (Å²) in [6, 6.07) is 17.1. The Morgan fingerprint density at radius 3 is 2.41 bits per heavy atom. The van der Waals surface area contributed by atoms with Gasteiger partial charge in [-0.3, -0.25) is 9.29 Å². The van der Waals surface area contributed by atoms with Crippen LogP contribution in [0.4, 0.5) is 8.78 Å². The summed E-state index contributed by atoms with van der Waals surface area (Å²) in [7, 11) is 0. The van der Waals surface area contributed by atoms with E-state index < -0.39 is 6.67 Å². The number of halogens is 2. The van der Waals surface area contributed by atoms with Crippen molar-refractivity contribution in [1.82, 2.24) is 4.90 Å². The van der Waals surface area contributed by atoms with E-state index in [-0.39, 0.29) is 24.6 Å². The van der Waals surface area contributed by atoms with Crippen molar-refractivity contribution in [3.05, 3.63) is 70.8 Å². The van der Waals surface area contributed by atoms with Crippen LogP contribution in [0.15, 0.2) is 48.5 Å². The minimum atomic E-state index is -0.428. The lowest BCUT2D eigenvalue weighted by atomic mass is 9.64. The number of nitrogens with zero attached hydrogens (tertiary/aromatic N) is 1. The number of aryl methyl sites for hydroxylation is 1. The fourth-order valence-corrected chi connectivity index (χ4v) is 5.85. The monoisotopic (exact) mass is 393 g/mol. The first kappa shape index (κ1) is 20.1. The second kappa shape index (κ2) is 9.09. The fraction of sp³-hybridized carbons (Fsp3) is 0.462. The van der Waals surface area contributed by atoms with Crippen molar-refractivity contribution in [2.75, 3.05) is 26.4 Å². The zero-order valence-electron chi connectivity index (χ0n) is 16.9. The molecule has 0 heterocycles. The highest BCUT2D eigenvalue weighted by Gasteiger charge is 2.45. The molecule has 0 bridgehead atoms. The van der Waals surface area contributed by atoms with Gasteiger partial charge in [0.2, 0.25) is 0 Å². The van der Waals surface area contributed by atoms with Gasteiger partial charge in [-0.25, -0.2) is 4.39 Å². The summed E-state index contributed by atoms with van der Waals surface area (Å²) in [6.07, 6.45) is 9.25. The second-order valence-corrected chi connectivity index (χ2v) is 8.37. The highest BCUT2D eigenvalue weighted by Crippen LogP contribution is 2.53. The Balaban J connectivity index is 1.82. The molecule has 4 rings (SSSR count). The maximum atomic E-state index is 13.6. The molecule has 2 aliphatic carbocycles.